The number of urea groups is 1. The van der Waals surface area contributed by atoms with Gasteiger partial charge in [-0.15, -0.1) is 0 Å². The Labute approximate surface area is 181 Å². The van der Waals surface area contributed by atoms with Gasteiger partial charge in [-0.05, 0) is 55.3 Å². The van der Waals surface area contributed by atoms with Crippen molar-refractivity contribution >= 4 is 23.3 Å². The van der Waals surface area contributed by atoms with Gasteiger partial charge in [-0.2, -0.15) is 0 Å². The van der Waals surface area contributed by atoms with Crippen molar-refractivity contribution in [2.45, 2.75) is 19.4 Å². The minimum absolute atomic E-state index is 0.0348. The maximum Gasteiger partial charge on any atom is 0.324 e. The lowest BCUT2D eigenvalue weighted by Crippen LogP contribution is -2.50. The van der Waals surface area contributed by atoms with E-state index in [0.29, 0.717) is 24.5 Å². The van der Waals surface area contributed by atoms with Crippen molar-refractivity contribution in [3.63, 3.8) is 0 Å². The number of carbonyl (C=O) groups is 2. The van der Waals surface area contributed by atoms with Crippen LogP contribution in [-0.4, -0.2) is 29.9 Å². The molecule has 1 saturated heterocycles. The van der Waals surface area contributed by atoms with E-state index in [1.54, 1.807) is 29.2 Å². The van der Waals surface area contributed by atoms with Gasteiger partial charge < -0.3 is 10.2 Å². The standard InChI is InChI=1S/C25H24FN3O2/c1-18(19-8-3-2-4-9-19)28-14-7-15-29(25(28)31)23-13-6-12-22(17-23)27-24(30)20-10-5-11-21(26)16-20/h2-6,8-13,16-18H,7,14-15H2,1H3,(H,27,30). The van der Waals surface area contributed by atoms with Crippen LogP contribution in [0.2, 0.25) is 0 Å². The summed E-state index contributed by atoms with van der Waals surface area (Å²) in [6.45, 7) is 3.34. The third-order valence-electron chi connectivity index (χ3n) is 5.51. The number of benzene rings is 3. The molecule has 4 rings (SSSR count). The van der Waals surface area contributed by atoms with Crippen molar-refractivity contribution in [1.82, 2.24) is 4.90 Å². The van der Waals surface area contributed by atoms with Crippen molar-refractivity contribution in [2.24, 2.45) is 0 Å². The number of rotatable bonds is 5. The van der Waals surface area contributed by atoms with E-state index in [2.05, 4.69) is 5.32 Å². The first-order valence-corrected chi connectivity index (χ1v) is 10.3. The molecule has 6 heteroatoms. The molecular formula is C25H24FN3O2. The zero-order chi connectivity index (χ0) is 21.8. The highest BCUT2D eigenvalue weighted by atomic mass is 19.1. The molecule has 3 aromatic carbocycles. The fourth-order valence-corrected chi connectivity index (χ4v) is 3.84. The Bertz CT molecular complexity index is 1090. The van der Waals surface area contributed by atoms with Crippen LogP contribution < -0.4 is 10.2 Å². The number of hydrogen-bond donors (Lipinski definition) is 1. The molecule has 1 aliphatic heterocycles. The van der Waals surface area contributed by atoms with Gasteiger partial charge in [0, 0.05) is 30.0 Å². The Morgan fingerprint density at radius 2 is 1.74 bits per heavy atom. The van der Waals surface area contributed by atoms with Gasteiger partial charge in [0.1, 0.15) is 5.82 Å². The van der Waals surface area contributed by atoms with Gasteiger partial charge >= 0.3 is 6.03 Å². The molecule has 158 valence electrons. The third kappa shape index (κ3) is 4.58. The summed E-state index contributed by atoms with van der Waals surface area (Å²) in [4.78, 5) is 29.3. The summed E-state index contributed by atoms with van der Waals surface area (Å²) in [5, 5.41) is 2.78. The summed E-state index contributed by atoms with van der Waals surface area (Å²) in [6, 6.07) is 22.6. The molecule has 0 bridgehead atoms. The predicted octanol–water partition coefficient (Wildman–Crippen LogP) is 5.47. The molecule has 1 unspecified atom stereocenters. The van der Waals surface area contributed by atoms with Crippen LogP contribution in [0.15, 0.2) is 78.9 Å². The Balaban J connectivity index is 1.51. The summed E-state index contributed by atoms with van der Waals surface area (Å²) in [5.41, 5.74) is 2.59. The first kappa shape index (κ1) is 20.6. The van der Waals surface area contributed by atoms with Crippen molar-refractivity contribution in [3.8, 4) is 0 Å². The molecule has 0 saturated carbocycles. The van der Waals surface area contributed by atoms with Crippen LogP contribution in [0.1, 0.15) is 35.3 Å². The van der Waals surface area contributed by atoms with Crippen LogP contribution >= 0.6 is 0 Å². The summed E-state index contributed by atoms with van der Waals surface area (Å²) >= 11 is 0. The number of nitrogens with one attached hydrogen (secondary N) is 1. The Morgan fingerprint density at radius 3 is 2.52 bits per heavy atom. The highest BCUT2D eigenvalue weighted by Gasteiger charge is 2.30. The van der Waals surface area contributed by atoms with E-state index in [-0.39, 0.29) is 17.6 Å². The van der Waals surface area contributed by atoms with Gasteiger partial charge in [-0.25, -0.2) is 9.18 Å². The maximum absolute atomic E-state index is 13.4. The van der Waals surface area contributed by atoms with Gasteiger partial charge in [-0.3, -0.25) is 9.69 Å². The number of hydrogen-bond acceptors (Lipinski definition) is 2. The van der Waals surface area contributed by atoms with Crippen LogP contribution in [0.25, 0.3) is 0 Å². The fraction of sp³-hybridized carbons (Fsp3) is 0.200. The minimum atomic E-state index is -0.465. The summed E-state index contributed by atoms with van der Waals surface area (Å²) in [6.07, 6.45) is 0.850. The van der Waals surface area contributed by atoms with Crippen LogP contribution in [0.3, 0.4) is 0 Å². The van der Waals surface area contributed by atoms with E-state index in [9.17, 15) is 14.0 Å². The first-order chi connectivity index (χ1) is 15.0. The molecule has 1 fully saturated rings. The van der Waals surface area contributed by atoms with Crippen LogP contribution in [0, 0.1) is 5.82 Å². The normalized spacial score (nSPS) is 15.0. The highest BCUT2D eigenvalue weighted by molar-refractivity contribution is 6.04. The van der Waals surface area contributed by atoms with Gasteiger partial charge in [0.05, 0.1) is 6.04 Å². The minimum Gasteiger partial charge on any atom is -0.322 e. The lowest BCUT2D eigenvalue weighted by molar-refractivity contribution is 0.102. The van der Waals surface area contributed by atoms with Crippen LogP contribution in [0.4, 0.5) is 20.6 Å². The zero-order valence-electron chi connectivity index (χ0n) is 17.3. The first-order valence-electron chi connectivity index (χ1n) is 10.3. The smallest absolute Gasteiger partial charge is 0.322 e. The number of halogens is 1. The SMILES string of the molecule is CC(c1ccccc1)N1CCCN(c2cccc(NC(=O)c3cccc(F)c3)c2)C1=O. The molecule has 1 N–H and O–H groups in total. The van der Waals surface area contributed by atoms with Crippen LogP contribution in [-0.2, 0) is 0 Å². The van der Waals surface area contributed by atoms with Crippen LogP contribution in [0.5, 0.6) is 0 Å². The largest absolute Gasteiger partial charge is 0.324 e. The molecule has 3 aromatic rings. The van der Waals surface area contributed by atoms with Crippen molar-refractivity contribution in [2.75, 3.05) is 23.3 Å². The quantitative estimate of drug-likeness (QED) is 0.598. The summed E-state index contributed by atoms with van der Waals surface area (Å²) in [7, 11) is 0. The van der Waals surface area contributed by atoms with E-state index in [4.69, 9.17) is 0 Å². The molecule has 31 heavy (non-hydrogen) atoms. The van der Waals surface area contributed by atoms with Crippen molar-refractivity contribution in [1.29, 1.82) is 0 Å². The Morgan fingerprint density at radius 1 is 0.968 bits per heavy atom. The lowest BCUT2D eigenvalue weighted by Gasteiger charge is -2.39. The average Bonchev–Trinajstić information content (AvgIpc) is 2.79. The Hall–Kier alpha value is -3.67. The summed E-state index contributed by atoms with van der Waals surface area (Å²) < 4.78 is 13.4. The molecule has 0 aliphatic carbocycles. The van der Waals surface area contributed by atoms with E-state index >= 15 is 0 Å². The molecule has 1 heterocycles. The van der Waals surface area contributed by atoms with Crippen molar-refractivity contribution in [3.05, 3.63) is 95.8 Å². The molecule has 0 aromatic heterocycles. The number of carbonyl (C=O) groups excluding carboxylic acids is 2. The fourth-order valence-electron chi connectivity index (χ4n) is 3.84. The van der Waals surface area contributed by atoms with E-state index in [1.807, 2.05) is 48.2 Å². The molecular weight excluding hydrogens is 393 g/mol. The van der Waals surface area contributed by atoms with E-state index in [0.717, 1.165) is 12.0 Å². The lowest BCUT2D eigenvalue weighted by atomic mass is 10.1. The highest BCUT2D eigenvalue weighted by Crippen LogP contribution is 2.28. The van der Waals surface area contributed by atoms with Gasteiger partial charge in [0.15, 0.2) is 0 Å². The van der Waals surface area contributed by atoms with E-state index < -0.39 is 11.7 Å². The molecule has 5 nitrogen and oxygen atoms in total. The average molecular weight is 417 g/mol. The van der Waals surface area contributed by atoms with Gasteiger partial charge in [0.2, 0.25) is 0 Å². The third-order valence-corrected chi connectivity index (χ3v) is 5.51. The maximum atomic E-state index is 13.4. The summed E-state index contributed by atoms with van der Waals surface area (Å²) in [5.74, 6) is -0.867. The molecule has 3 amide bonds. The zero-order valence-corrected chi connectivity index (χ0v) is 17.3. The van der Waals surface area contributed by atoms with Crippen molar-refractivity contribution < 1.29 is 14.0 Å². The predicted molar refractivity (Wildman–Crippen MR) is 120 cm³/mol. The molecule has 1 aliphatic rings. The Kier molecular flexibility index (Phi) is 5.98. The number of nitrogens with zero attached hydrogens (tertiary/aromatic N) is 2. The van der Waals surface area contributed by atoms with Gasteiger partial charge in [0.25, 0.3) is 5.91 Å². The van der Waals surface area contributed by atoms with Gasteiger partial charge in [-0.1, -0.05) is 42.5 Å². The molecule has 1 atom stereocenters. The second kappa shape index (κ2) is 9.00. The molecule has 0 radical (unpaired) electrons. The second-order valence-electron chi connectivity index (χ2n) is 7.58. The number of anilines is 2. The number of amides is 3. The van der Waals surface area contributed by atoms with E-state index in [1.165, 1.54) is 18.2 Å². The second-order valence-corrected chi connectivity index (χ2v) is 7.58. The monoisotopic (exact) mass is 417 g/mol. The topological polar surface area (TPSA) is 52.6 Å². The molecule has 0 spiro atoms.